The van der Waals surface area contributed by atoms with Crippen molar-refractivity contribution in [3.63, 3.8) is 0 Å². The summed E-state index contributed by atoms with van der Waals surface area (Å²) < 4.78 is 13.7. The van der Waals surface area contributed by atoms with Gasteiger partial charge in [-0.3, -0.25) is 4.79 Å². The smallest absolute Gasteiger partial charge is 0.336 e. The number of allylic oxidation sites excluding steroid dienone is 2. The summed E-state index contributed by atoms with van der Waals surface area (Å²) in [4.78, 5) is 30.9. The van der Waals surface area contributed by atoms with Crippen molar-refractivity contribution in [3.8, 4) is 0 Å². The summed E-state index contributed by atoms with van der Waals surface area (Å²) in [5.74, 6) is 0.00620. The first-order valence-corrected chi connectivity index (χ1v) is 13.1. The molecule has 2 unspecified atom stereocenters. The van der Waals surface area contributed by atoms with Gasteiger partial charge in [-0.1, -0.05) is 36.7 Å². The molecule has 1 aliphatic carbocycles. The number of carbonyl (C=O) groups excluding carboxylic acids is 2. The van der Waals surface area contributed by atoms with E-state index >= 15 is 0 Å². The Bertz CT molecular complexity index is 1180. The fourth-order valence-electron chi connectivity index (χ4n) is 5.05. The van der Waals surface area contributed by atoms with E-state index in [0.29, 0.717) is 34.9 Å². The summed E-state index contributed by atoms with van der Waals surface area (Å²) in [7, 11) is 0. The highest BCUT2D eigenvalue weighted by Crippen LogP contribution is 2.44. The molecule has 8 heteroatoms. The van der Waals surface area contributed by atoms with Crippen LogP contribution < -0.4 is 5.32 Å². The molecule has 1 aliphatic heterocycles. The Kier molecular flexibility index (Phi) is 8.64. The van der Waals surface area contributed by atoms with Gasteiger partial charge in [0.05, 0.1) is 37.1 Å². The van der Waals surface area contributed by atoms with E-state index in [1.165, 1.54) is 0 Å². The monoisotopic (exact) mass is 511 g/mol. The molecule has 192 valence electrons. The predicted molar refractivity (Wildman–Crippen MR) is 139 cm³/mol. The van der Waals surface area contributed by atoms with Crippen LogP contribution in [0.15, 0.2) is 59.2 Å². The fourth-order valence-corrected chi connectivity index (χ4v) is 5.30. The van der Waals surface area contributed by atoms with Gasteiger partial charge in [-0.15, -0.1) is 0 Å². The number of imidazole rings is 1. The maximum Gasteiger partial charge on any atom is 0.336 e. The Balaban J connectivity index is 1.66. The van der Waals surface area contributed by atoms with Crippen molar-refractivity contribution < 1.29 is 19.1 Å². The van der Waals surface area contributed by atoms with Crippen molar-refractivity contribution in [3.05, 3.63) is 75.6 Å². The zero-order chi connectivity index (χ0) is 25.7. The van der Waals surface area contributed by atoms with Crippen LogP contribution in [0.25, 0.3) is 0 Å². The van der Waals surface area contributed by atoms with Gasteiger partial charge < -0.3 is 19.4 Å². The predicted octanol–water partition coefficient (Wildman–Crippen LogP) is 5.28. The number of carbonyl (C=O) groups is 2. The molecule has 0 saturated heterocycles. The maximum atomic E-state index is 13.3. The number of ether oxygens (including phenoxy) is 2. The van der Waals surface area contributed by atoms with E-state index in [0.717, 1.165) is 42.8 Å². The van der Waals surface area contributed by atoms with Crippen molar-refractivity contribution in [2.24, 2.45) is 0 Å². The number of hydrogen-bond acceptors (Lipinski definition) is 6. The molecule has 2 heterocycles. The molecule has 36 heavy (non-hydrogen) atoms. The average Bonchev–Trinajstić information content (AvgIpc) is 3.32. The second kappa shape index (κ2) is 11.9. The quantitative estimate of drug-likeness (QED) is 0.437. The molecular weight excluding hydrogens is 478 g/mol. The number of dihydropyridines is 1. The second-order valence-corrected chi connectivity index (χ2v) is 9.63. The van der Waals surface area contributed by atoms with E-state index in [9.17, 15) is 9.59 Å². The van der Waals surface area contributed by atoms with Gasteiger partial charge in [0.2, 0.25) is 0 Å². The van der Waals surface area contributed by atoms with Crippen molar-refractivity contribution >= 4 is 23.4 Å². The van der Waals surface area contributed by atoms with E-state index in [2.05, 4.69) is 28.7 Å². The van der Waals surface area contributed by atoms with E-state index in [-0.39, 0.29) is 25.0 Å². The largest absolute Gasteiger partial charge is 0.463 e. The Labute approximate surface area is 217 Å². The lowest BCUT2D eigenvalue weighted by molar-refractivity contribution is -0.139. The topological polar surface area (TPSA) is 82.5 Å². The molecule has 2 aromatic rings. The summed E-state index contributed by atoms with van der Waals surface area (Å²) in [5, 5.41) is 3.89. The first kappa shape index (κ1) is 26.2. The van der Waals surface area contributed by atoms with Gasteiger partial charge >= 0.3 is 5.97 Å². The number of rotatable bonds is 10. The maximum absolute atomic E-state index is 13.3. The third-order valence-corrected chi connectivity index (χ3v) is 7.02. The van der Waals surface area contributed by atoms with Gasteiger partial charge in [0, 0.05) is 47.4 Å². The van der Waals surface area contributed by atoms with Gasteiger partial charge in [-0.25, -0.2) is 9.78 Å². The van der Waals surface area contributed by atoms with Crippen molar-refractivity contribution in [1.82, 2.24) is 14.9 Å². The number of Topliss-reactive ketones (excluding diaryl/α,β-unsaturated/α-hetero) is 1. The van der Waals surface area contributed by atoms with E-state index in [4.69, 9.17) is 21.1 Å². The summed E-state index contributed by atoms with van der Waals surface area (Å²) in [5.41, 5.74) is 3.19. The Morgan fingerprint density at radius 2 is 2.08 bits per heavy atom. The van der Waals surface area contributed by atoms with Gasteiger partial charge in [0.1, 0.15) is 5.82 Å². The number of halogens is 1. The van der Waals surface area contributed by atoms with Crippen LogP contribution in [0.3, 0.4) is 0 Å². The first-order valence-electron chi connectivity index (χ1n) is 12.7. The number of aromatic nitrogens is 2. The summed E-state index contributed by atoms with van der Waals surface area (Å²) >= 11 is 6.61. The normalized spacial score (nSPS) is 18.7. The van der Waals surface area contributed by atoms with Crippen molar-refractivity contribution in [2.75, 3.05) is 19.8 Å². The van der Waals surface area contributed by atoms with E-state index in [1.807, 2.05) is 30.6 Å². The van der Waals surface area contributed by atoms with Crippen LogP contribution in [0.5, 0.6) is 0 Å². The molecule has 0 bridgehead atoms. The molecule has 0 radical (unpaired) electrons. The molecule has 1 aromatic heterocycles. The lowest BCUT2D eigenvalue weighted by Gasteiger charge is -2.35. The molecule has 7 nitrogen and oxygen atoms in total. The first-order chi connectivity index (χ1) is 17.5. The number of esters is 1. The lowest BCUT2D eigenvalue weighted by atomic mass is 9.75. The lowest BCUT2D eigenvalue weighted by Crippen LogP contribution is -2.37. The zero-order valence-electron chi connectivity index (χ0n) is 21.2. The minimum atomic E-state index is -0.595. The summed E-state index contributed by atoms with van der Waals surface area (Å²) in [6.45, 7) is 6.84. The van der Waals surface area contributed by atoms with Crippen LogP contribution in [0.2, 0.25) is 5.02 Å². The van der Waals surface area contributed by atoms with E-state index < -0.39 is 11.9 Å². The van der Waals surface area contributed by atoms with Crippen molar-refractivity contribution in [2.45, 2.75) is 64.8 Å². The van der Waals surface area contributed by atoms with Crippen LogP contribution in [0.1, 0.15) is 69.8 Å². The third kappa shape index (κ3) is 5.42. The van der Waals surface area contributed by atoms with Crippen LogP contribution >= 0.6 is 11.6 Å². The molecule has 0 saturated carbocycles. The number of ketones is 1. The summed E-state index contributed by atoms with van der Waals surface area (Å²) in [6, 6.07) is 7.45. The number of nitrogens with one attached hydrogen (secondary N) is 1. The molecule has 4 rings (SSSR count). The SMILES string of the molecule is CCCc1nccn1C(C)COCC1=C(C(=O)OCC)C(c2ccccc2Cl)C2=C(CCCC2=O)N1. The molecule has 2 aliphatic rings. The highest BCUT2D eigenvalue weighted by atomic mass is 35.5. The Morgan fingerprint density at radius 1 is 1.28 bits per heavy atom. The second-order valence-electron chi connectivity index (χ2n) is 9.23. The highest BCUT2D eigenvalue weighted by molar-refractivity contribution is 6.31. The molecular formula is C28H34ClN3O4. The number of hydrogen-bond donors (Lipinski definition) is 1. The molecule has 1 aromatic carbocycles. The zero-order valence-corrected chi connectivity index (χ0v) is 21.9. The number of aryl methyl sites for hydroxylation is 1. The molecule has 0 spiro atoms. The third-order valence-electron chi connectivity index (χ3n) is 6.67. The summed E-state index contributed by atoms with van der Waals surface area (Å²) in [6.07, 6.45) is 7.65. The standard InChI is InChI=1S/C28H34ClN3O4/c1-4-9-24-30-14-15-32(24)18(3)16-35-17-22-27(28(34)36-5-2)25(19-10-6-7-11-20(19)29)26-21(31-22)12-8-13-23(26)33/h6-7,10-11,14-15,18,25,31H,4-5,8-9,12-13,16-17H2,1-3H3. The van der Waals surface area contributed by atoms with Gasteiger partial charge in [0.15, 0.2) is 5.78 Å². The fraction of sp³-hybridized carbons (Fsp3) is 0.464. The van der Waals surface area contributed by atoms with Crippen molar-refractivity contribution in [1.29, 1.82) is 0 Å². The van der Waals surface area contributed by atoms with Crippen LogP contribution in [0, 0.1) is 0 Å². The van der Waals surface area contributed by atoms with Gasteiger partial charge in [0.25, 0.3) is 0 Å². The number of benzene rings is 1. The molecule has 2 atom stereocenters. The molecule has 0 amide bonds. The average molecular weight is 512 g/mol. The Morgan fingerprint density at radius 3 is 2.83 bits per heavy atom. The van der Waals surface area contributed by atoms with E-state index in [1.54, 1.807) is 13.0 Å². The van der Waals surface area contributed by atoms with Crippen LogP contribution in [0.4, 0.5) is 0 Å². The number of nitrogens with zero attached hydrogens (tertiary/aromatic N) is 2. The molecule has 1 N–H and O–H groups in total. The highest BCUT2D eigenvalue weighted by Gasteiger charge is 2.40. The molecule has 0 fully saturated rings. The minimum Gasteiger partial charge on any atom is -0.463 e. The van der Waals surface area contributed by atoms with Gasteiger partial charge in [-0.05, 0) is 44.7 Å². The van der Waals surface area contributed by atoms with Crippen LogP contribution in [-0.2, 0) is 25.5 Å². The van der Waals surface area contributed by atoms with Gasteiger partial charge in [-0.2, -0.15) is 0 Å². The van der Waals surface area contributed by atoms with Crippen LogP contribution in [-0.4, -0.2) is 41.1 Å². The minimum absolute atomic E-state index is 0.0348. The Hall–Kier alpha value is -2.90.